The third-order valence-electron chi connectivity index (χ3n) is 3.25. The third kappa shape index (κ3) is 3.47. The number of rotatable bonds is 5. The first-order valence-corrected chi connectivity index (χ1v) is 6.54. The molecular formula is C15H16FN3O2. The average molecular weight is 289 g/mol. The van der Waals surface area contributed by atoms with Gasteiger partial charge in [0.1, 0.15) is 5.82 Å². The van der Waals surface area contributed by atoms with E-state index < -0.39 is 4.92 Å². The lowest BCUT2D eigenvalue weighted by Crippen LogP contribution is -2.22. The highest BCUT2D eigenvalue weighted by molar-refractivity contribution is 5.55. The van der Waals surface area contributed by atoms with Crippen LogP contribution in [-0.2, 0) is 6.54 Å². The van der Waals surface area contributed by atoms with Gasteiger partial charge in [0.25, 0.3) is 5.69 Å². The van der Waals surface area contributed by atoms with E-state index in [4.69, 9.17) is 5.73 Å². The van der Waals surface area contributed by atoms with E-state index in [1.54, 1.807) is 12.1 Å². The smallest absolute Gasteiger partial charge is 0.269 e. The molecule has 2 aromatic carbocycles. The van der Waals surface area contributed by atoms with Crippen LogP contribution in [-0.4, -0.2) is 11.5 Å². The van der Waals surface area contributed by atoms with Gasteiger partial charge in [0.15, 0.2) is 0 Å². The lowest BCUT2D eigenvalue weighted by molar-refractivity contribution is -0.384. The maximum Gasteiger partial charge on any atom is 0.269 e. The summed E-state index contributed by atoms with van der Waals surface area (Å²) in [6.07, 6.45) is 0. The Morgan fingerprint density at radius 2 is 2.05 bits per heavy atom. The number of benzene rings is 2. The molecule has 5 nitrogen and oxygen atoms in total. The topological polar surface area (TPSA) is 72.4 Å². The summed E-state index contributed by atoms with van der Waals surface area (Å²) >= 11 is 0. The molecule has 0 aromatic heterocycles. The number of anilines is 2. The number of hydrogen-bond acceptors (Lipinski definition) is 4. The zero-order chi connectivity index (χ0) is 15.4. The standard InChI is InChI=1S/C15H16FN3O2/c1-2-18(13-5-3-4-12(16)9-13)10-11-8-14(19(20)21)6-7-15(11)17/h3-9H,2,10,17H2,1H3. The highest BCUT2D eigenvalue weighted by atomic mass is 19.1. The molecule has 2 aromatic rings. The van der Waals surface area contributed by atoms with E-state index in [0.29, 0.717) is 30.0 Å². The van der Waals surface area contributed by atoms with Crippen LogP contribution in [0.15, 0.2) is 42.5 Å². The summed E-state index contributed by atoms with van der Waals surface area (Å²) in [5, 5.41) is 10.8. The number of nitro groups is 1. The normalized spacial score (nSPS) is 10.4. The fourth-order valence-electron chi connectivity index (χ4n) is 2.11. The summed E-state index contributed by atoms with van der Waals surface area (Å²) in [5.74, 6) is -0.321. The summed E-state index contributed by atoms with van der Waals surface area (Å²) in [7, 11) is 0. The molecule has 0 atom stereocenters. The van der Waals surface area contributed by atoms with Gasteiger partial charge in [-0.1, -0.05) is 6.07 Å². The molecule has 0 heterocycles. The van der Waals surface area contributed by atoms with Gasteiger partial charge in [-0.25, -0.2) is 4.39 Å². The van der Waals surface area contributed by atoms with Gasteiger partial charge in [-0.2, -0.15) is 0 Å². The first-order chi connectivity index (χ1) is 10.0. The van der Waals surface area contributed by atoms with E-state index in [-0.39, 0.29) is 11.5 Å². The predicted octanol–water partition coefficient (Wildman–Crippen LogP) is 3.34. The van der Waals surface area contributed by atoms with E-state index in [9.17, 15) is 14.5 Å². The molecule has 0 saturated heterocycles. The number of hydrogen-bond donors (Lipinski definition) is 1. The number of nitrogens with zero attached hydrogens (tertiary/aromatic N) is 2. The second kappa shape index (κ2) is 6.21. The Morgan fingerprint density at radius 3 is 2.67 bits per heavy atom. The minimum absolute atomic E-state index is 0.00510. The molecule has 0 aliphatic rings. The Morgan fingerprint density at radius 1 is 1.29 bits per heavy atom. The number of nitrogen functional groups attached to an aromatic ring is 1. The van der Waals surface area contributed by atoms with Crippen LogP contribution in [0.4, 0.5) is 21.5 Å². The highest BCUT2D eigenvalue weighted by Gasteiger charge is 2.13. The molecule has 0 unspecified atom stereocenters. The van der Waals surface area contributed by atoms with Crippen LogP contribution < -0.4 is 10.6 Å². The van der Waals surface area contributed by atoms with Crippen molar-refractivity contribution in [2.24, 2.45) is 0 Å². The molecule has 0 fully saturated rings. The second-order valence-electron chi connectivity index (χ2n) is 4.63. The van der Waals surface area contributed by atoms with Crippen molar-refractivity contribution < 1.29 is 9.31 Å². The van der Waals surface area contributed by atoms with Crippen molar-refractivity contribution in [3.8, 4) is 0 Å². The molecule has 6 heteroatoms. The third-order valence-corrected chi connectivity index (χ3v) is 3.25. The summed E-state index contributed by atoms with van der Waals surface area (Å²) in [6, 6.07) is 10.6. The monoisotopic (exact) mass is 289 g/mol. The molecule has 2 N–H and O–H groups in total. The maximum atomic E-state index is 13.3. The molecule has 0 amide bonds. The van der Waals surface area contributed by atoms with E-state index in [2.05, 4.69) is 0 Å². The molecule has 0 bridgehead atoms. The van der Waals surface area contributed by atoms with Crippen LogP contribution in [0, 0.1) is 15.9 Å². The number of nitro benzene ring substituents is 1. The summed E-state index contributed by atoms with van der Waals surface area (Å²) in [5.41, 5.74) is 7.71. The Kier molecular flexibility index (Phi) is 4.37. The zero-order valence-electron chi connectivity index (χ0n) is 11.6. The summed E-state index contributed by atoms with van der Waals surface area (Å²) < 4.78 is 13.3. The lowest BCUT2D eigenvalue weighted by atomic mass is 10.1. The summed E-state index contributed by atoms with van der Waals surface area (Å²) in [6.45, 7) is 2.94. The van der Waals surface area contributed by atoms with Crippen LogP contribution in [0.25, 0.3) is 0 Å². The van der Waals surface area contributed by atoms with Crippen LogP contribution in [0.1, 0.15) is 12.5 Å². The number of halogens is 1. The van der Waals surface area contributed by atoms with Crippen molar-refractivity contribution in [3.63, 3.8) is 0 Å². The predicted molar refractivity (Wildman–Crippen MR) is 80.6 cm³/mol. The van der Waals surface area contributed by atoms with Crippen molar-refractivity contribution in [1.29, 1.82) is 0 Å². The van der Waals surface area contributed by atoms with E-state index in [0.717, 1.165) is 0 Å². The fourth-order valence-corrected chi connectivity index (χ4v) is 2.11. The van der Waals surface area contributed by atoms with Crippen LogP contribution in [0.2, 0.25) is 0 Å². The van der Waals surface area contributed by atoms with Gasteiger partial charge in [-0.05, 0) is 31.2 Å². The average Bonchev–Trinajstić information content (AvgIpc) is 2.46. The van der Waals surface area contributed by atoms with Crippen LogP contribution in [0.3, 0.4) is 0 Å². The van der Waals surface area contributed by atoms with Crippen molar-refractivity contribution in [3.05, 3.63) is 64.0 Å². The van der Waals surface area contributed by atoms with Gasteiger partial charge in [0.05, 0.1) is 4.92 Å². The van der Waals surface area contributed by atoms with Crippen molar-refractivity contribution in [2.75, 3.05) is 17.2 Å². The first kappa shape index (κ1) is 14.8. The van der Waals surface area contributed by atoms with Crippen molar-refractivity contribution >= 4 is 17.1 Å². The lowest BCUT2D eigenvalue weighted by Gasteiger charge is -2.24. The minimum atomic E-state index is -0.457. The first-order valence-electron chi connectivity index (χ1n) is 6.54. The highest BCUT2D eigenvalue weighted by Crippen LogP contribution is 2.24. The van der Waals surface area contributed by atoms with Gasteiger partial charge in [0.2, 0.25) is 0 Å². The van der Waals surface area contributed by atoms with Crippen LogP contribution >= 0.6 is 0 Å². The van der Waals surface area contributed by atoms with E-state index in [1.807, 2.05) is 11.8 Å². The molecule has 0 aliphatic heterocycles. The molecule has 0 aliphatic carbocycles. The SMILES string of the molecule is CCN(Cc1cc([N+](=O)[O-])ccc1N)c1cccc(F)c1. The molecule has 0 saturated carbocycles. The molecule has 21 heavy (non-hydrogen) atoms. The zero-order valence-corrected chi connectivity index (χ0v) is 11.6. The van der Waals surface area contributed by atoms with Gasteiger partial charge < -0.3 is 10.6 Å². The van der Waals surface area contributed by atoms with Gasteiger partial charge in [0, 0.05) is 42.2 Å². The van der Waals surface area contributed by atoms with Gasteiger partial charge in [-0.3, -0.25) is 10.1 Å². The molecule has 0 spiro atoms. The fraction of sp³-hybridized carbons (Fsp3) is 0.200. The number of nitrogens with two attached hydrogens (primary N) is 1. The maximum absolute atomic E-state index is 13.3. The van der Waals surface area contributed by atoms with Gasteiger partial charge >= 0.3 is 0 Å². The Hall–Kier alpha value is -2.63. The van der Waals surface area contributed by atoms with Crippen molar-refractivity contribution in [2.45, 2.75) is 13.5 Å². The Balaban J connectivity index is 2.30. The second-order valence-corrected chi connectivity index (χ2v) is 4.63. The number of non-ortho nitro benzene ring substituents is 1. The van der Waals surface area contributed by atoms with Crippen molar-refractivity contribution in [1.82, 2.24) is 0 Å². The minimum Gasteiger partial charge on any atom is -0.398 e. The van der Waals surface area contributed by atoms with Crippen LogP contribution in [0.5, 0.6) is 0 Å². The molecular weight excluding hydrogens is 273 g/mol. The largest absolute Gasteiger partial charge is 0.398 e. The molecule has 2 rings (SSSR count). The van der Waals surface area contributed by atoms with Gasteiger partial charge in [-0.15, -0.1) is 0 Å². The van der Waals surface area contributed by atoms with E-state index >= 15 is 0 Å². The molecule has 110 valence electrons. The Bertz CT molecular complexity index is 661. The molecule has 0 radical (unpaired) electrons. The Labute approximate surface area is 122 Å². The van der Waals surface area contributed by atoms with E-state index in [1.165, 1.54) is 30.3 Å². The summed E-state index contributed by atoms with van der Waals surface area (Å²) in [4.78, 5) is 12.3. The quantitative estimate of drug-likeness (QED) is 0.520.